The Morgan fingerprint density at radius 3 is 2.62 bits per heavy atom. The second-order valence-corrected chi connectivity index (χ2v) is 9.90. The van der Waals surface area contributed by atoms with Crippen molar-refractivity contribution < 1.29 is 14.0 Å². The van der Waals surface area contributed by atoms with Gasteiger partial charge in [0.15, 0.2) is 0 Å². The number of rotatable bonds is 7. The van der Waals surface area contributed by atoms with E-state index in [9.17, 15) is 14.0 Å². The molecule has 1 N–H and O–H groups in total. The highest BCUT2D eigenvalue weighted by Gasteiger charge is 2.35. The predicted molar refractivity (Wildman–Crippen MR) is 137 cm³/mol. The highest BCUT2D eigenvalue weighted by Crippen LogP contribution is 2.42. The summed E-state index contributed by atoms with van der Waals surface area (Å²) >= 11 is 7.60. The van der Waals surface area contributed by atoms with E-state index in [-0.39, 0.29) is 29.0 Å². The molecule has 0 bridgehead atoms. The first kappa shape index (κ1) is 24.3. The van der Waals surface area contributed by atoms with Crippen molar-refractivity contribution >= 4 is 40.9 Å². The number of nitrogens with one attached hydrogen (secondary N) is 1. The SMILES string of the molecule is CCC(Cc1cccc(Cl)c1)NC(=O)c1ccc(N2C(=O)CSC2c2ccc(F)cc2)c(C)c1. The van der Waals surface area contributed by atoms with Crippen LogP contribution in [-0.2, 0) is 11.2 Å². The minimum absolute atomic E-state index is 0.00723. The van der Waals surface area contributed by atoms with Crippen molar-refractivity contribution in [3.63, 3.8) is 0 Å². The normalized spacial score (nSPS) is 16.5. The van der Waals surface area contributed by atoms with Crippen LogP contribution in [0.25, 0.3) is 0 Å². The van der Waals surface area contributed by atoms with Gasteiger partial charge in [0.05, 0.1) is 5.75 Å². The van der Waals surface area contributed by atoms with Crippen molar-refractivity contribution in [3.05, 3.63) is 99.8 Å². The quantitative estimate of drug-likeness (QED) is 0.416. The zero-order valence-electron chi connectivity index (χ0n) is 19.1. The van der Waals surface area contributed by atoms with Crippen LogP contribution in [0.5, 0.6) is 0 Å². The molecule has 1 aliphatic heterocycles. The Hall–Kier alpha value is -2.83. The van der Waals surface area contributed by atoms with E-state index in [1.165, 1.54) is 23.9 Å². The first-order valence-electron chi connectivity index (χ1n) is 11.2. The number of aryl methyl sites for hydroxylation is 1. The van der Waals surface area contributed by atoms with E-state index < -0.39 is 0 Å². The summed E-state index contributed by atoms with van der Waals surface area (Å²) in [7, 11) is 0. The third-order valence-electron chi connectivity index (χ3n) is 5.94. The molecule has 0 spiro atoms. The lowest BCUT2D eigenvalue weighted by Crippen LogP contribution is -2.36. The summed E-state index contributed by atoms with van der Waals surface area (Å²) in [6.07, 6.45) is 1.48. The Morgan fingerprint density at radius 1 is 1.18 bits per heavy atom. The average Bonchev–Trinajstić information content (AvgIpc) is 3.20. The zero-order chi connectivity index (χ0) is 24.2. The summed E-state index contributed by atoms with van der Waals surface area (Å²) in [6.45, 7) is 3.93. The van der Waals surface area contributed by atoms with Gasteiger partial charge < -0.3 is 5.32 Å². The number of amides is 2. The number of benzene rings is 3. The molecule has 2 unspecified atom stereocenters. The topological polar surface area (TPSA) is 49.4 Å². The molecule has 0 radical (unpaired) electrons. The number of hydrogen-bond acceptors (Lipinski definition) is 3. The minimum atomic E-state index is -0.308. The van der Waals surface area contributed by atoms with E-state index in [2.05, 4.69) is 5.32 Å². The lowest BCUT2D eigenvalue weighted by atomic mass is 10.0. The fourth-order valence-corrected chi connectivity index (χ4v) is 5.52. The van der Waals surface area contributed by atoms with Crippen molar-refractivity contribution in [2.45, 2.75) is 38.1 Å². The van der Waals surface area contributed by atoms with Gasteiger partial charge in [-0.15, -0.1) is 11.8 Å². The summed E-state index contributed by atoms with van der Waals surface area (Å²) in [5.41, 5.74) is 4.07. The van der Waals surface area contributed by atoms with Gasteiger partial charge in [-0.25, -0.2) is 4.39 Å². The average molecular weight is 497 g/mol. The van der Waals surface area contributed by atoms with E-state index in [0.717, 1.165) is 28.8 Å². The molecular weight excluding hydrogens is 471 g/mol. The van der Waals surface area contributed by atoms with Crippen LogP contribution in [0.3, 0.4) is 0 Å². The zero-order valence-corrected chi connectivity index (χ0v) is 20.6. The number of carbonyl (C=O) groups is 2. The molecule has 0 saturated carbocycles. The third-order valence-corrected chi connectivity index (χ3v) is 7.39. The van der Waals surface area contributed by atoms with Gasteiger partial charge in [-0.05, 0) is 78.9 Å². The van der Waals surface area contributed by atoms with Crippen LogP contribution >= 0.6 is 23.4 Å². The molecule has 3 aromatic carbocycles. The molecule has 0 aliphatic carbocycles. The lowest BCUT2D eigenvalue weighted by molar-refractivity contribution is -0.115. The molecule has 1 heterocycles. The van der Waals surface area contributed by atoms with E-state index >= 15 is 0 Å². The van der Waals surface area contributed by atoms with Gasteiger partial charge in [0.25, 0.3) is 5.91 Å². The molecule has 4 rings (SSSR count). The highest BCUT2D eigenvalue weighted by atomic mass is 35.5. The molecule has 3 aromatic rings. The maximum atomic E-state index is 13.4. The summed E-state index contributed by atoms with van der Waals surface area (Å²) in [4.78, 5) is 27.4. The number of nitrogens with zero attached hydrogens (tertiary/aromatic N) is 1. The molecule has 1 saturated heterocycles. The van der Waals surface area contributed by atoms with Crippen molar-refractivity contribution in [3.8, 4) is 0 Å². The van der Waals surface area contributed by atoms with Crippen LogP contribution in [-0.4, -0.2) is 23.6 Å². The second kappa shape index (κ2) is 10.6. The predicted octanol–water partition coefficient (Wildman–Crippen LogP) is 6.32. The molecule has 34 heavy (non-hydrogen) atoms. The van der Waals surface area contributed by atoms with E-state index in [1.54, 1.807) is 23.1 Å². The van der Waals surface area contributed by atoms with Crippen molar-refractivity contribution in [1.29, 1.82) is 0 Å². The maximum absolute atomic E-state index is 13.4. The Kier molecular flexibility index (Phi) is 7.59. The number of anilines is 1. The van der Waals surface area contributed by atoms with Crippen LogP contribution in [0, 0.1) is 12.7 Å². The molecule has 176 valence electrons. The largest absolute Gasteiger partial charge is 0.349 e. The number of hydrogen-bond donors (Lipinski definition) is 1. The van der Waals surface area contributed by atoms with Gasteiger partial charge in [0.2, 0.25) is 5.91 Å². The van der Waals surface area contributed by atoms with E-state index in [0.29, 0.717) is 22.8 Å². The minimum Gasteiger partial charge on any atom is -0.349 e. The second-order valence-electron chi connectivity index (χ2n) is 8.39. The summed E-state index contributed by atoms with van der Waals surface area (Å²) in [5, 5.41) is 3.56. The molecule has 7 heteroatoms. The monoisotopic (exact) mass is 496 g/mol. The summed E-state index contributed by atoms with van der Waals surface area (Å²) in [5.74, 6) is -0.115. The molecule has 0 aromatic heterocycles. The molecule has 1 aliphatic rings. The third kappa shape index (κ3) is 5.45. The van der Waals surface area contributed by atoms with Crippen LogP contribution < -0.4 is 10.2 Å². The van der Waals surface area contributed by atoms with Crippen LogP contribution in [0.15, 0.2) is 66.7 Å². The van der Waals surface area contributed by atoms with Gasteiger partial charge in [-0.1, -0.05) is 42.8 Å². The fourth-order valence-electron chi connectivity index (χ4n) is 4.14. The van der Waals surface area contributed by atoms with E-state index in [4.69, 9.17) is 11.6 Å². The van der Waals surface area contributed by atoms with Gasteiger partial charge in [-0.3, -0.25) is 14.5 Å². The number of carbonyl (C=O) groups excluding carboxylic acids is 2. The fraction of sp³-hybridized carbons (Fsp3) is 0.259. The van der Waals surface area contributed by atoms with Crippen LogP contribution in [0.4, 0.5) is 10.1 Å². The van der Waals surface area contributed by atoms with Crippen LogP contribution in [0.2, 0.25) is 5.02 Å². The first-order chi connectivity index (χ1) is 16.4. The molecule has 1 fully saturated rings. The van der Waals surface area contributed by atoms with Gasteiger partial charge in [0.1, 0.15) is 11.2 Å². The van der Waals surface area contributed by atoms with Gasteiger partial charge in [0, 0.05) is 22.3 Å². The Labute approximate surface area is 208 Å². The highest BCUT2D eigenvalue weighted by molar-refractivity contribution is 8.00. The number of thioether (sulfide) groups is 1. The molecular formula is C27H26ClFN2O2S. The number of halogens is 2. The first-order valence-corrected chi connectivity index (χ1v) is 12.6. The van der Waals surface area contributed by atoms with Crippen LogP contribution in [0.1, 0.15) is 45.8 Å². The molecule has 2 amide bonds. The van der Waals surface area contributed by atoms with E-state index in [1.807, 2.05) is 50.2 Å². The Morgan fingerprint density at radius 2 is 1.94 bits per heavy atom. The Balaban J connectivity index is 1.51. The van der Waals surface area contributed by atoms with Crippen molar-refractivity contribution in [1.82, 2.24) is 5.32 Å². The lowest BCUT2D eigenvalue weighted by Gasteiger charge is -2.26. The smallest absolute Gasteiger partial charge is 0.251 e. The van der Waals surface area contributed by atoms with Gasteiger partial charge in [-0.2, -0.15) is 0 Å². The molecule has 2 atom stereocenters. The molecule has 4 nitrogen and oxygen atoms in total. The standard InChI is InChI=1S/C27H26ClFN2O2S/c1-3-23(15-18-5-4-6-21(28)14-18)30-26(33)20-9-12-24(17(2)13-20)31-25(32)16-34-27(31)19-7-10-22(29)11-8-19/h4-14,23,27H,3,15-16H2,1-2H3,(H,30,33). The Bertz CT molecular complexity index is 1200. The maximum Gasteiger partial charge on any atom is 0.251 e. The summed E-state index contributed by atoms with van der Waals surface area (Å²) in [6, 6.07) is 19.3. The summed E-state index contributed by atoms with van der Waals surface area (Å²) < 4.78 is 13.4. The van der Waals surface area contributed by atoms with Gasteiger partial charge >= 0.3 is 0 Å². The van der Waals surface area contributed by atoms with Crippen molar-refractivity contribution in [2.75, 3.05) is 10.7 Å². The van der Waals surface area contributed by atoms with Crippen molar-refractivity contribution in [2.24, 2.45) is 0 Å².